The SMILES string of the molecule is CCC(C)(O)C(O)CCC(C)CO. The van der Waals surface area contributed by atoms with Gasteiger partial charge < -0.3 is 15.3 Å². The quantitative estimate of drug-likeness (QED) is 0.583. The first-order chi connectivity index (χ1) is 5.94. The fraction of sp³-hybridized carbons (Fsp3) is 1.00. The van der Waals surface area contributed by atoms with Crippen LogP contribution in [0.3, 0.4) is 0 Å². The van der Waals surface area contributed by atoms with Gasteiger partial charge in [0.15, 0.2) is 0 Å². The summed E-state index contributed by atoms with van der Waals surface area (Å²) in [5, 5.41) is 28.0. The van der Waals surface area contributed by atoms with Gasteiger partial charge in [-0.2, -0.15) is 0 Å². The minimum Gasteiger partial charge on any atom is -0.396 e. The highest BCUT2D eigenvalue weighted by Crippen LogP contribution is 2.20. The summed E-state index contributed by atoms with van der Waals surface area (Å²) in [7, 11) is 0. The summed E-state index contributed by atoms with van der Waals surface area (Å²) in [6.45, 7) is 5.55. The lowest BCUT2D eigenvalue weighted by Crippen LogP contribution is -2.38. The van der Waals surface area contributed by atoms with Crippen LogP contribution in [0.1, 0.15) is 40.0 Å². The van der Waals surface area contributed by atoms with E-state index < -0.39 is 11.7 Å². The molecule has 3 nitrogen and oxygen atoms in total. The average molecular weight is 190 g/mol. The summed E-state index contributed by atoms with van der Waals surface area (Å²) in [4.78, 5) is 0. The Morgan fingerprint density at radius 3 is 2.23 bits per heavy atom. The first-order valence-electron chi connectivity index (χ1n) is 4.95. The van der Waals surface area contributed by atoms with E-state index in [2.05, 4.69) is 0 Å². The van der Waals surface area contributed by atoms with Gasteiger partial charge in [-0.05, 0) is 32.1 Å². The zero-order valence-electron chi connectivity index (χ0n) is 8.82. The Bertz CT molecular complexity index is 134. The summed E-state index contributed by atoms with van der Waals surface area (Å²) >= 11 is 0. The topological polar surface area (TPSA) is 60.7 Å². The van der Waals surface area contributed by atoms with Crippen molar-refractivity contribution in [3.63, 3.8) is 0 Å². The highest BCUT2D eigenvalue weighted by atomic mass is 16.3. The van der Waals surface area contributed by atoms with E-state index in [1.54, 1.807) is 6.92 Å². The van der Waals surface area contributed by atoms with Crippen LogP contribution in [0, 0.1) is 5.92 Å². The molecule has 3 atom stereocenters. The number of hydrogen-bond acceptors (Lipinski definition) is 3. The Labute approximate surface area is 80.4 Å². The number of aliphatic hydroxyl groups excluding tert-OH is 2. The molecular weight excluding hydrogens is 168 g/mol. The van der Waals surface area contributed by atoms with Gasteiger partial charge in [0.1, 0.15) is 0 Å². The Hall–Kier alpha value is -0.120. The van der Waals surface area contributed by atoms with E-state index in [4.69, 9.17) is 5.11 Å². The fourth-order valence-electron chi connectivity index (χ4n) is 1.08. The molecule has 0 bridgehead atoms. The van der Waals surface area contributed by atoms with Crippen LogP contribution < -0.4 is 0 Å². The molecule has 0 saturated heterocycles. The van der Waals surface area contributed by atoms with Gasteiger partial charge in [-0.15, -0.1) is 0 Å². The Morgan fingerprint density at radius 1 is 1.31 bits per heavy atom. The van der Waals surface area contributed by atoms with Crippen molar-refractivity contribution in [2.45, 2.75) is 51.7 Å². The minimum atomic E-state index is -0.991. The number of aliphatic hydroxyl groups is 3. The molecule has 80 valence electrons. The molecule has 3 N–H and O–H groups in total. The smallest absolute Gasteiger partial charge is 0.0874 e. The van der Waals surface area contributed by atoms with Crippen LogP contribution in [0.25, 0.3) is 0 Å². The first kappa shape index (κ1) is 12.9. The molecule has 0 spiro atoms. The first-order valence-corrected chi connectivity index (χ1v) is 4.95. The van der Waals surface area contributed by atoms with Crippen LogP contribution >= 0.6 is 0 Å². The molecular formula is C10H22O3. The lowest BCUT2D eigenvalue weighted by Gasteiger charge is -2.28. The molecule has 13 heavy (non-hydrogen) atoms. The van der Waals surface area contributed by atoms with Crippen molar-refractivity contribution in [3.05, 3.63) is 0 Å². The van der Waals surface area contributed by atoms with Crippen molar-refractivity contribution < 1.29 is 15.3 Å². The van der Waals surface area contributed by atoms with Crippen molar-refractivity contribution in [2.75, 3.05) is 6.61 Å². The van der Waals surface area contributed by atoms with Crippen LogP contribution in [-0.2, 0) is 0 Å². The van der Waals surface area contributed by atoms with Crippen LogP contribution in [0.4, 0.5) is 0 Å². The summed E-state index contributed by atoms with van der Waals surface area (Å²) in [5.41, 5.74) is -0.991. The van der Waals surface area contributed by atoms with E-state index in [0.29, 0.717) is 12.8 Å². The Kier molecular flexibility index (Phi) is 5.53. The number of rotatable bonds is 6. The van der Waals surface area contributed by atoms with Crippen LogP contribution in [-0.4, -0.2) is 33.6 Å². The molecule has 0 heterocycles. The van der Waals surface area contributed by atoms with E-state index in [-0.39, 0.29) is 12.5 Å². The minimum absolute atomic E-state index is 0.140. The lowest BCUT2D eigenvalue weighted by molar-refractivity contribution is -0.0694. The summed E-state index contributed by atoms with van der Waals surface area (Å²) in [6.07, 6.45) is 1.14. The Balaban J connectivity index is 3.80. The Morgan fingerprint density at radius 2 is 1.85 bits per heavy atom. The van der Waals surface area contributed by atoms with Gasteiger partial charge in [0.25, 0.3) is 0 Å². The van der Waals surface area contributed by atoms with Crippen molar-refractivity contribution in [1.29, 1.82) is 0 Å². The second-order valence-corrected chi connectivity index (χ2v) is 4.09. The zero-order chi connectivity index (χ0) is 10.5. The average Bonchev–Trinajstić information content (AvgIpc) is 2.13. The second-order valence-electron chi connectivity index (χ2n) is 4.09. The summed E-state index contributed by atoms with van der Waals surface area (Å²) < 4.78 is 0. The molecule has 0 aliphatic rings. The highest BCUT2D eigenvalue weighted by molar-refractivity contribution is 4.80. The third-order valence-electron chi connectivity index (χ3n) is 2.68. The van der Waals surface area contributed by atoms with Crippen LogP contribution in [0.2, 0.25) is 0 Å². The highest BCUT2D eigenvalue weighted by Gasteiger charge is 2.27. The van der Waals surface area contributed by atoms with Crippen molar-refractivity contribution in [2.24, 2.45) is 5.92 Å². The standard InChI is InChI=1S/C10H22O3/c1-4-10(3,13)9(12)6-5-8(2)7-11/h8-9,11-13H,4-7H2,1-3H3. The normalized spacial score (nSPS) is 20.8. The van der Waals surface area contributed by atoms with Gasteiger partial charge in [0.05, 0.1) is 11.7 Å². The maximum absolute atomic E-state index is 9.66. The van der Waals surface area contributed by atoms with Crippen LogP contribution in [0.5, 0.6) is 0 Å². The monoisotopic (exact) mass is 190 g/mol. The predicted molar refractivity (Wildman–Crippen MR) is 52.4 cm³/mol. The largest absolute Gasteiger partial charge is 0.396 e. The van der Waals surface area contributed by atoms with Crippen molar-refractivity contribution in [1.82, 2.24) is 0 Å². The molecule has 0 aliphatic heterocycles. The predicted octanol–water partition coefficient (Wildman–Crippen LogP) is 0.917. The fourth-order valence-corrected chi connectivity index (χ4v) is 1.08. The maximum atomic E-state index is 9.66. The van der Waals surface area contributed by atoms with E-state index in [0.717, 1.165) is 6.42 Å². The third kappa shape index (κ3) is 4.60. The van der Waals surface area contributed by atoms with E-state index in [9.17, 15) is 10.2 Å². The lowest BCUT2D eigenvalue weighted by atomic mass is 9.90. The van der Waals surface area contributed by atoms with E-state index in [1.807, 2.05) is 13.8 Å². The molecule has 0 rings (SSSR count). The van der Waals surface area contributed by atoms with Gasteiger partial charge in [0, 0.05) is 6.61 Å². The van der Waals surface area contributed by atoms with E-state index >= 15 is 0 Å². The molecule has 0 fully saturated rings. The molecule has 0 radical (unpaired) electrons. The zero-order valence-corrected chi connectivity index (χ0v) is 8.82. The molecule has 0 saturated carbocycles. The molecule has 0 aromatic carbocycles. The molecule has 0 aliphatic carbocycles. The maximum Gasteiger partial charge on any atom is 0.0874 e. The van der Waals surface area contributed by atoms with E-state index in [1.165, 1.54) is 0 Å². The van der Waals surface area contributed by atoms with Gasteiger partial charge in [-0.3, -0.25) is 0 Å². The van der Waals surface area contributed by atoms with Crippen molar-refractivity contribution in [3.8, 4) is 0 Å². The van der Waals surface area contributed by atoms with Crippen molar-refractivity contribution >= 4 is 0 Å². The van der Waals surface area contributed by atoms with Gasteiger partial charge in [-0.1, -0.05) is 13.8 Å². The van der Waals surface area contributed by atoms with Gasteiger partial charge in [0.2, 0.25) is 0 Å². The molecule has 0 aromatic rings. The summed E-state index contributed by atoms with van der Waals surface area (Å²) in [6, 6.07) is 0. The molecule has 0 aromatic heterocycles. The summed E-state index contributed by atoms with van der Waals surface area (Å²) in [5.74, 6) is 0.197. The molecule has 3 unspecified atom stereocenters. The van der Waals surface area contributed by atoms with Gasteiger partial charge >= 0.3 is 0 Å². The molecule has 3 heteroatoms. The van der Waals surface area contributed by atoms with Gasteiger partial charge in [-0.25, -0.2) is 0 Å². The number of hydrogen-bond donors (Lipinski definition) is 3. The second kappa shape index (κ2) is 5.58. The molecule has 0 amide bonds. The van der Waals surface area contributed by atoms with Crippen LogP contribution in [0.15, 0.2) is 0 Å². The third-order valence-corrected chi connectivity index (χ3v) is 2.68.